The molecule has 1 aliphatic rings. The fourth-order valence-corrected chi connectivity index (χ4v) is 1.23. The van der Waals surface area contributed by atoms with E-state index >= 15 is 0 Å². The van der Waals surface area contributed by atoms with Crippen LogP contribution in [0.3, 0.4) is 0 Å². The highest BCUT2D eigenvalue weighted by Gasteiger charge is 2.30. The Kier molecular flexibility index (Phi) is 2.36. The van der Waals surface area contributed by atoms with E-state index in [0.717, 1.165) is 0 Å². The Morgan fingerprint density at radius 3 is 2.42 bits per heavy atom. The predicted molar refractivity (Wildman–Crippen MR) is 45.9 cm³/mol. The second-order valence-electron chi connectivity index (χ2n) is 3.92. The summed E-state index contributed by atoms with van der Waals surface area (Å²) in [4.78, 5) is 0. The van der Waals surface area contributed by atoms with Crippen molar-refractivity contribution in [2.45, 2.75) is 27.2 Å². The number of hydrogen-bond donors (Lipinski definition) is 0. The van der Waals surface area contributed by atoms with E-state index in [1.54, 1.807) is 6.08 Å². The van der Waals surface area contributed by atoms with E-state index in [1.807, 2.05) is 20.8 Å². The van der Waals surface area contributed by atoms with Gasteiger partial charge < -0.3 is 0 Å². The molecule has 0 aliphatic heterocycles. The summed E-state index contributed by atoms with van der Waals surface area (Å²) >= 11 is 0. The van der Waals surface area contributed by atoms with Gasteiger partial charge in [-0.2, -0.15) is 0 Å². The summed E-state index contributed by atoms with van der Waals surface area (Å²) in [5.74, 6) is -1.01. The molecule has 68 valence electrons. The highest BCUT2D eigenvalue weighted by Crippen LogP contribution is 2.40. The molecule has 0 radical (unpaired) electrons. The largest absolute Gasteiger partial charge is 0.209 e. The Morgan fingerprint density at radius 1 is 1.42 bits per heavy atom. The lowest BCUT2D eigenvalue weighted by molar-refractivity contribution is 0.264. The fraction of sp³-hybridized carbons (Fsp3) is 0.600. The quantitative estimate of drug-likeness (QED) is 0.565. The first-order valence-corrected chi connectivity index (χ1v) is 4.19. The Bertz CT molecular complexity index is 238. The zero-order valence-electron chi connectivity index (χ0n) is 7.70. The molecule has 0 heterocycles. The highest BCUT2D eigenvalue weighted by atomic mass is 19.2. The summed E-state index contributed by atoms with van der Waals surface area (Å²) in [6.07, 6.45) is 3.18. The van der Waals surface area contributed by atoms with Crippen LogP contribution in [0.25, 0.3) is 0 Å². The maximum absolute atomic E-state index is 12.9. The van der Waals surface area contributed by atoms with E-state index < -0.39 is 11.7 Å². The van der Waals surface area contributed by atoms with Gasteiger partial charge in [-0.3, -0.25) is 0 Å². The molecule has 0 aromatic heterocycles. The van der Waals surface area contributed by atoms with Gasteiger partial charge in [0.2, 0.25) is 0 Å². The summed E-state index contributed by atoms with van der Waals surface area (Å²) in [7, 11) is 0. The van der Waals surface area contributed by atoms with E-state index in [-0.39, 0.29) is 11.8 Å². The van der Waals surface area contributed by atoms with Gasteiger partial charge in [0.05, 0.1) is 0 Å². The van der Waals surface area contributed by atoms with Gasteiger partial charge in [0.15, 0.2) is 5.83 Å². The van der Waals surface area contributed by atoms with Crippen LogP contribution in [0.1, 0.15) is 27.2 Å². The van der Waals surface area contributed by atoms with Gasteiger partial charge in [0.1, 0.15) is 5.83 Å². The molecule has 0 N–H and O–H groups in total. The smallest absolute Gasteiger partial charge is 0.154 e. The third-order valence-corrected chi connectivity index (χ3v) is 2.72. The van der Waals surface area contributed by atoms with E-state index in [2.05, 4.69) is 0 Å². The van der Waals surface area contributed by atoms with Crippen molar-refractivity contribution >= 4 is 0 Å². The molecule has 0 bridgehead atoms. The van der Waals surface area contributed by atoms with Crippen molar-refractivity contribution in [2.24, 2.45) is 11.3 Å². The van der Waals surface area contributed by atoms with E-state index in [4.69, 9.17) is 0 Å². The topological polar surface area (TPSA) is 0 Å². The molecule has 0 spiro atoms. The van der Waals surface area contributed by atoms with Crippen molar-refractivity contribution in [1.29, 1.82) is 0 Å². The second kappa shape index (κ2) is 3.00. The molecule has 1 atom stereocenters. The monoisotopic (exact) mass is 172 g/mol. The first-order valence-electron chi connectivity index (χ1n) is 4.19. The van der Waals surface area contributed by atoms with E-state index in [0.29, 0.717) is 5.92 Å². The maximum Gasteiger partial charge on any atom is 0.154 e. The Hall–Kier alpha value is -0.660. The van der Waals surface area contributed by atoms with Gasteiger partial charge in [-0.15, -0.1) is 0 Å². The van der Waals surface area contributed by atoms with Crippen LogP contribution in [0.15, 0.2) is 23.8 Å². The molecule has 0 nitrogen and oxygen atoms in total. The highest BCUT2D eigenvalue weighted by molar-refractivity contribution is 5.24. The van der Waals surface area contributed by atoms with Crippen molar-refractivity contribution in [3.8, 4) is 0 Å². The summed E-state index contributed by atoms with van der Waals surface area (Å²) in [6.45, 7) is 5.97. The second-order valence-corrected chi connectivity index (χ2v) is 3.92. The molecule has 1 unspecified atom stereocenters. The number of halogens is 2. The Balaban J connectivity index is 2.87. The minimum absolute atomic E-state index is 0.188. The van der Waals surface area contributed by atoms with Crippen molar-refractivity contribution in [3.63, 3.8) is 0 Å². The lowest BCUT2D eigenvalue weighted by atomic mass is 9.74. The Morgan fingerprint density at radius 2 is 2.00 bits per heavy atom. The van der Waals surface area contributed by atoms with Gasteiger partial charge in [0.25, 0.3) is 0 Å². The first kappa shape index (κ1) is 9.43. The molecule has 1 rings (SSSR count). The molecule has 0 saturated carbocycles. The average Bonchev–Trinajstić information content (AvgIpc) is 1.97. The van der Waals surface area contributed by atoms with Gasteiger partial charge >= 0.3 is 0 Å². The van der Waals surface area contributed by atoms with Crippen LogP contribution in [0.5, 0.6) is 0 Å². The van der Waals surface area contributed by atoms with Crippen LogP contribution in [0.2, 0.25) is 0 Å². The van der Waals surface area contributed by atoms with Crippen LogP contribution in [-0.4, -0.2) is 0 Å². The summed E-state index contributed by atoms with van der Waals surface area (Å²) in [5, 5.41) is 0. The van der Waals surface area contributed by atoms with Crippen molar-refractivity contribution < 1.29 is 8.78 Å². The van der Waals surface area contributed by atoms with Gasteiger partial charge in [-0.1, -0.05) is 26.8 Å². The summed E-state index contributed by atoms with van der Waals surface area (Å²) in [6, 6.07) is 0. The van der Waals surface area contributed by atoms with Crippen molar-refractivity contribution in [1.82, 2.24) is 0 Å². The molecular formula is C10H14F2. The maximum atomic E-state index is 12.9. The lowest BCUT2D eigenvalue weighted by Gasteiger charge is -2.31. The molecule has 0 amide bonds. The normalized spacial score (nSPS) is 30.2. The van der Waals surface area contributed by atoms with E-state index in [9.17, 15) is 8.78 Å². The first-order chi connectivity index (χ1) is 5.46. The van der Waals surface area contributed by atoms with Crippen LogP contribution in [0.4, 0.5) is 8.78 Å². The molecule has 0 aromatic rings. The molecule has 0 fully saturated rings. The predicted octanol–water partition coefficient (Wildman–Crippen LogP) is 3.76. The molecule has 0 aromatic carbocycles. The fourth-order valence-electron chi connectivity index (χ4n) is 1.23. The zero-order chi connectivity index (χ0) is 9.35. The number of hydrogen-bond acceptors (Lipinski definition) is 0. The van der Waals surface area contributed by atoms with Gasteiger partial charge in [-0.05, 0) is 17.4 Å². The number of rotatable bonds is 1. The third-order valence-electron chi connectivity index (χ3n) is 2.72. The van der Waals surface area contributed by atoms with Gasteiger partial charge in [0, 0.05) is 6.42 Å². The standard InChI is InChI=1S/C10H14F2/c1-7(2)10(3)5-4-8(11)9(12)6-10/h4-5,7H,6H2,1-3H3. The molecule has 12 heavy (non-hydrogen) atoms. The molecule has 2 heteroatoms. The minimum atomic E-state index is -0.715. The summed E-state index contributed by atoms with van der Waals surface area (Å²) in [5.41, 5.74) is -0.223. The molecule has 0 saturated heterocycles. The molecule has 1 aliphatic carbocycles. The average molecular weight is 172 g/mol. The van der Waals surface area contributed by atoms with Crippen molar-refractivity contribution in [3.05, 3.63) is 23.8 Å². The van der Waals surface area contributed by atoms with Crippen LogP contribution >= 0.6 is 0 Å². The zero-order valence-corrected chi connectivity index (χ0v) is 7.70. The van der Waals surface area contributed by atoms with Crippen LogP contribution in [-0.2, 0) is 0 Å². The van der Waals surface area contributed by atoms with E-state index in [1.165, 1.54) is 6.08 Å². The van der Waals surface area contributed by atoms with Gasteiger partial charge in [-0.25, -0.2) is 8.78 Å². The Labute approximate surface area is 72.0 Å². The lowest BCUT2D eigenvalue weighted by Crippen LogP contribution is -2.22. The minimum Gasteiger partial charge on any atom is -0.209 e. The SMILES string of the molecule is CC(C)C1(C)C=CC(F)=C(F)C1. The summed E-state index contributed by atoms with van der Waals surface area (Å²) < 4.78 is 25.5. The molecular weight excluding hydrogens is 158 g/mol. The van der Waals surface area contributed by atoms with Crippen LogP contribution in [0, 0.1) is 11.3 Å². The third kappa shape index (κ3) is 1.57. The van der Waals surface area contributed by atoms with Crippen LogP contribution < -0.4 is 0 Å². The number of allylic oxidation sites excluding steroid dienone is 4. The van der Waals surface area contributed by atoms with Crippen molar-refractivity contribution in [2.75, 3.05) is 0 Å².